The summed E-state index contributed by atoms with van der Waals surface area (Å²) in [7, 11) is 0. The lowest BCUT2D eigenvalue weighted by Gasteiger charge is -2.11. The summed E-state index contributed by atoms with van der Waals surface area (Å²) < 4.78 is 0. The maximum absolute atomic E-state index is 12.0. The topological polar surface area (TPSA) is 69.8 Å². The van der Waals surface area contributed by atoms with Crippen molar-refractivity contribution in [3.63, 3.8) is 0 Å². The number of rotatable bonds is 3. The molecule has 3 N–H and O–H groups in total. The van der Waals surface area contributed by atoms with Gasteiger partial charge in [0, 0.05) is 9.92 Å². The summed E-state index contributed by atoms with van der Waals surface area (Å²) in [4.78, 5) is 13.0. The lowest BCUT2D eigenvalue weighted by molar-refractivity contribution is 0.262. The van der Waals surface area contributed by atoms with Crippen LogP contribution in [-0.4, -0.2) is 22.5 Å². The molecule has 1 aromatic heterocycles. The van der Waals surface area contributed by atoms with Crippen molar-refractivity contribution in [2.24, 2.45) is 0 Å². The summed E-state index contributed by atoms with van der Waals surface area (Å²) in [6.07, 6.45) is 1.94. The molecule has 0 aliphatic carbocycles. The van der Waals surface area contributed by atoms with Crippen LogP contribution >= 0.6 is 23.4 Å². The first kappa shape index (κ1) is 14.7. The zero-order valence-corrected chi connectivity index (χ0v) is 12.9. The van der Waals surface area contributed by atoms with Crippen molar-refractivity contribution in [2.75, 3.05) is 16.9 Å². The van der Waals surface area contributed by atoms with E-state index in [0.29, 0.717) is 16.4 Å². The maximum atomic E-state index is 12.0. The van der Waals surface area contributed by atoms with Gasteiger partial charge in [-0.3, -0.25) is 5.10 Å². The van der Waals surface area contributed by atoms with E-state index < -0.39 is 0 Å². The molecule has 0 saturated carbocycles. The second-order valence-electron chi connectivity index (χ2n) is 4.23. The molecule has 2 aromatic rings. The van der Waals surface area contributed by atoms with Crippen molar-refractivity contribution in [1.82, 2.24) is 10.2 Å². The number of H-pyrrole nitrogens is 1. The summed E-state index contributed by atoms with van der Waals surface area (Å²) in [5, 5.41) is 13.0. The third-order valence-corrected chi connectivity index (χ3v) is 3.81. The van der Waals surface area contributed by atoms with Gasteiger partial charge in [0.05, 0.1) is 22.8 Å². The van der Waals surface area contributed by atoms with Gasteiger partial charge in [0.25, 0.3) is 0 Å². The molecule has 5 nitrogen and oxygen atoms in total. The van der Waals surface area contributed by atoms with Crippen LogP contribution in [0.25, 0.3) is 0 Å². The fourth-order valence-electron chi connectivity index (χ4n) is 1.78. The number of amides is 2. The molecule has 106 valence electrons. The second-order valence-corrected chi connectivity index (χ2v) is 5.52. The average Bonchev–Trinajstić information content (AvgIpc) is 2.71. The summed E-state index contributed by atoms with van der Waals surface area (Å²) in [5.74, 6) is 0. The molecule has 20 heavy (non-hydrogen) atoms. The number of thioether (sulfide) groups is 1. The Hall–Kier alpha value is -1.66. The molecular formula is C13H15ClN4OS. The number of hydrogen-bond acceptors (Lipinski definition) is 3. The largest absolute Gasteiger partial charge is 0.323 e. The molecule has 0 spiro atoms. The monoisotopic (exact) mass is 310 g/mol. The first-order valence-electron chi connectivity index (χ1n) is 5.94. The summed E-state index contributed by atoms with van der Waals surface area (Å²) in [5.41, 5.74) is 2.93. The lowest BCUT2D eigenvalue weighted by Crippen LogP contribution is -2.20. The standard InChI is InChI=1S/C13H15ClN4OS/c1-7-12(8(2)18-17-7)16-13(19)15-10-6-9(14)4-5-11(10)20-3/h4-6H,1-3H3,(H,17,18)(H2,15,16,19). The number of carbonyl (C=O) groups excluding carboxylic acids is 1. The van der Waals surface area contributed by atoms with Gasteiger partial charge in [-0.25, -0.2) is 4.79 Å². The molecule has 7 heteroatoms. The SMILES string of the molecule is CSc1ccc(Cl)cc1NC(=O)Nc1c(C)n[nH]c1C. The Morgan fingerprint density at radius 3 is 2.70 bits per heavy atom. The van der Waals surface area contributed by atoms with Crippen molar-refractivity contribution in [1.29, 1.82) is 0 Å². The number of aromatic nitrogens is 2. The zero-order chi connectivity index (χ0) is 14.7. The van der Waals surface area contributed by atoms with Crippen LogP contribution in [0.15, 0.2) is 23.1 Å². The Kier molecular flexibility index (Phi) is 4.57. The van der Waals surface area contributed by atoms with Crippen molar-refractivity contribution < 1.29 is 4.79 Å². The molecule has 0 fully saturated rings. The fraction of sp³-hybridized carbons (Fsp3) is 0.231. The van der Waals surface area contributed by atoms with Gasteiger partial charge in [-0.15, -0.1) is 11.8 Å². The van der Waals surface area contributed by atoms with Crippen LogP contribution in [0.5, 0.6) is 0 Å². The Balaban J connectivity index is 2.14. The predicted molar refractivity (Wildman–Crippen MR) is 83.9 cm³/mol. The summed E-state index contributed by atoms with van der Waals surface area (Å²) in [6.45, 7) is 3.67. The minimum Gasteiger partial charge on any atom is -0.307 e. The van der Waals surface area contributed by atoms with E-state index in [1.54, 1.807) is 23.9 Å². The van der Waals surface area contributed by atoms with E-state index in [9.17, 15) is 4.79 Å². The minimum absolute atomic E-state index is 0.324. The van der Waals surface area contributed by atoms with Crippen molar-refractivity contribution in [2.45, 2.75) is 18.7 Å². The molecular weight excluding hydrogens is 296 g/mol. The third kappa shape index (κ3) is 3.26. The molecule has 0 aliphatic rings. The molecule has 0 saturated heterocycles. The molecule has 0 aliphatic heterocycles. The number of nitrogens with zero attached hydrogens (tertiary/aromatic N) is 1. The van der Waals surface area contributed by atoms with Crippen molar-refractivity contribution in [3.05, 3.63) is 34.6 Å². The number of aryl methyl sites for hydroxylation is 2. The van der Waals surface area contributed by atoms with E-state index in [2.05, 4.69) is 20.8 Å². The summed E-state index contributed by atoms with van der Waals surface area (Å²) in [6, 6.07) is 5.06. The number of anilines is 2. The van der Waals surface area contributed by atoms with E-state index >= 15 is 0 Å². The van der Waals surface area contributed by atoms with Crippen molar-refractivity contribution >= 4 is 40.8 Å². The van der Waals surface area contributed by atoms with Crippen molar-refractivity contribution in [3.8, 4) is 0 Å². The highest BCUT2D eigenvalue weighted by molar-refractivity contribution is 7.98. The van der Waals surface area contributed by atoms with Gasteiger partial charge in [-0.05, 0) is 38.3 Å². The van der Waals surface area contributed by atoms with Gasteiger partial charge < -0.3 is 10.6 Å². The Bertz CT molecular complexity index is 622. The zero-order valence-electron chi connectivity index (χ0n) is 11.4. The highest BCUT2D eigenvalue weighted by atomic mass is 35.5. The van der Waals surface area contributed by atoms with Gasteiger partial charge in [0.1, 0.15) is 0 Å². The van der Waals surface area contributed by atoms with Gasteiger partial charge in [-0.2, -0.15) is 5.10 Å². The molecule has 0 atom stereocenters. The van der Waals surface area contributed by atoms with Crippen LogP contribution in [-0.2, 0) is 0 Å². The third-order valence-electron chi connectivity index (χ3n) is 2.78. The predicted octanol–water partition coefficient (Wildman–Crippen LogP) is 4.05. The lowest BCUT2D eigenvalue weighted by atomic mass is 10.3. The van der Waals surface area contributed by atoms with Gasteiger partial charge >= 0.3 is 6.03 Å². The Labute approximate surface area is 126 Å². The maximum Gasteiger partial charge on any atom is 0.323 e. The minimum atomic E-state index is -0.324. The number of urea groups is 1. The summed E-state index contributed by atoms with van der Waals surface area (Å²) >= 11 is 7.50. The number of hydrogen-bond donors (Lipinski definition) is 3. The quantitative estimate of drug-likeness (QED) is 0.749. The number of halogens is 1. The molecule has 2 rings (SSSR count). The van der Waals surface area contributed by atoms with Crippen LogP contribution in [0.4, 0.5) is 16.2 Å². The average molecular weight is 311 g/mol. The Morgan fingerprint density at radius 1 is 1.35 bits per heavy atom. The van der Waals surface area contributed by atoms with E-state index in [-0.39, 0.29) is 6.03 Å². The van der Waals surface area contributed by atoms with Gasteiger partial charge in [0.15, 0.2) is 0 Å². The molecule has 2 amide bonds. The van der Waals surface area contributed by atoms with Crippen LogP contribution in [0.2, 0.25) is 5.02 Å². The number of benzene rings is 1. The van der Waals surface area contributed by atoms with E-state index in [1.165, 1.54) is 0 Å². The smallest absolute Gasteiger partial charge is 0.307 e. The molecule has 0 unspecified atom stereocenters. The molecule has 0 bridgehead atoms. The number of aromatic amines is 1. The number of carbonyl (C=O) groups is 1. The van der Waals surface area contributed by atoms with Gasteiger partial charge in [-0.1, -0.05) is 11.6 Å². The molecule has 1 aromatic carbocycles. The van der Waals surface area contributed by atoms with Crippen LogP contribution in [0.3, 0.4) is 0 Å². The Morgan fingerprint density at radius 2 is 2.10 bits per heavy atom. The number of nitrogens with one attached hydrogen (secondary N) is 3. The highest BCUT2D eigenvalue weighted by Crippen LogP contribution is 2.28. The van der Waals surface area contributed by atoms with Gasteiger partial charge in [0.2, 0.25) is 0 Å². The van der Waals surface area contributed by atoms with Crippen LogP contribution in [0.1, 0.15) is 11.4 Å². The van der Waals surface area contributed by atoms with E-state index in [0.717, 1.165) is 16.3 Å². The fourth-order valence-corrected chi connectivity index (χ4v) is 2.49. The highest BCUT2D eigenvalue weighted by Gasteiger charge is 2.12. The first-order chi connectivity index (χ1) is 9.51. The molecule has 1 heterocycles. The van der Waals surface area contributed by atoms with Crippen LogP contribution < -0.4 is 10.6 Å². The molecule has 0 radical (unpaired) electrons. The first-order valence-corrected chi connectivity index (χ1v) is 7.54. The van der Waals surface area contributed by atoms with E-state index in [4.69, 9.17) is 11.6 Å². The second kappa shape index (κ2) is 6.19. The normalized spacial score (nSPS) is 10.4. The van der Waals surface area contributed by atoms with E-state index in [1.807, 2.05) is 26.2 Å². The van der Waals surface area contributed by atoms with Crippen LogP contribution in [0, 0.1) is 13.8 Å².